The molecule has 12 nitrogen and oxygen atoms in total. The molecule has 324 valence electrons. The van der Waals surface area contributed by atoms with Gasteiger partial charge in [-0.3, -0.25) is 29.4 Å². The summed E-state index contributed by atoms with van der Waals surface area (Å²) in [7, 11) is 0. The molecule has 1 saturated carbocycles. The molecule has 0 bridgehead atoms. The second kappa shape index (κ2) is 17.2. The van der Waals surface area contributed by atoms with Crippen LogP contribution in [0.2, 0.25) is 5.02 Å². The van der Waals surface area contributed by atoms with Crippen LogP contribution < -0.4 is 15.4 Å². The third-order valence-corrected chi connectivity index (χ3v) is 14.8. The Hall–Kier alpha value is -4.75. The summed E-state index contributed by atoms with van der Waals surface area (Å²) in [5.74, 6) is 7.25. The Morgan fingerprint density at radius 3 is 2.38 bits per heavy atom. The number of nitrogens with one attached hydrogen (secondary N) is 2. The van der Waals surface area contributed by atoms with Crippen LogP contribution in [0, 0.1) is 51.3 Å². The molecule has 4 amide bonds. The van der Waals surface area contributed by atoms with Crippen molar-refractivity contribution in [1.29, 1.82) is 5.26 Å². The van der Waals surface area contributed by atoms with Gasteiger partial charge in [-0.1, -0.05) is 65.6 Å². The number of ether oxygens (including phenoxy) is 1. The minimum atomic E-state index is -0.719. The van der Waals surface area contributed by atoms with E-state index in [0.717, 1.165) is 64.1 Å². The smallest absolute Gasteiger partial charge is 0.256 e. The van der Waals surface area contributed by atoms with Crippen LogP contribution >= 0.6 is 11.6 Å². The van der Waals surface area contributed by atoms with E-state index in [1.807, 2.05) is 30.9 Å². The van der Waals surface area contributed by atoms with Gasteiger partial charge in [0, 0.05) is 58.9 Å². The van der Waals surface area contributed by atoms with Crippen molar-refractivity contribution < 1.29 is 23.9 Å². The van der Waals surface area contributed by atoms with E-state index in [2.05, 4.69) is 79.5 Å². The van der Waals surface area contributed by atoms with Gasteiger partial charge in [0.15, 0.2) is 0 Å². The van der Waals surface area contributed by atoms with Crippen LogP contribution in [0.5, 0.6) is 5.75 Å². The van der Waals surface area contributed by atoms with Crippen molar-refractivity contribution in [3.8, 4) is 23.7 Å². The van der Waals surface area contributed by atoms with E-state index in [1.54, 1.807) is 18.2 Å². The van der Waals surface area contributed by atoms with Gasteiger partial charge < -0.3 is 19.9 Å². The van der Waals surface area contributed by atoms with Gasteiger partial charge in [0.25, 0.3) is 5.91 Å². The molecule has 4 aliphatic heterocycles. The molecule has 1 aromatic heterocycles. The van der Waals surface area contributed by atoms with E-state index in [4.69, 9.17) is 21.3 Å². The summed E-state index contributed by atoms with van der Waals surface area (Å²) in [6.07, 6.45) is 4.54. The van der Waals surface area contributed by atoms with Crippen LogP contribution in [0.25, 0.3) is 0 Å². The van der Waals surface area contributed by atoms with Crippen LogP contribution in [0.3, 0.4) is 0 Å². The van der Waals surface area contributed by atoms with Gasteiger partial charge in [-0.05, 0) is 101 Å². The molecule has 5 heterocycles. The molecular formula is C48H60ClN7O5. The number of likely N-dealkylation sites (tertiary alicyclic amines) is 2. The lowest BCUT2D eigenvalue weighted by molar-refractivity contribution is -0.199. The average Bonchev–Trinajstić information content (AvgIpc) is 3.53. The normalized spacial score (nSPS) is 25.0. The number of hydrogen-bond donors (Lipinski definition) is 2. The Balaban J connectivity index is 0.862. The fraction of sp³-hybridized carbons (Fsp3) is 0.583. The SMILES string of the molecule is C=C(C(=O)NC1CCC(=O)NC1=O)C(C)(C)[C@H](C)N1CCC(CN2CCC(C#Cc3ccc4c(n3)CN(C3C(C)(C)C(Oc5ccc(C#N)c(Cl)c5)C3(C)C)C4=O)CC2)CC1. The van der Waals surface area contributed by atoms with E-state index in [9.17, 15) is 24.4 Å². The summed E-state index contributed by atoms with van der Waals surface area (Å²) < 4.78 is 6.47. The van der Waals surface area contributed by atoms with Gasteiger partial charge in [0.05, 0.1) is 28.4 Å². The summed E-state index contributed by atoms with van der Waals surface area (Å²) >= 11 is 6.30. The Morgan fingerprint density at radius 2 is 1.74 bits per heavy atom. The van der Waals surface area contributed by atoms with Crippen molar-refractivity contribution in [1.82, 2.24) is 30.3 Å². The number of halogens is 1. The molecule has 61 heavy (non-hydrogen) atoms. The van der Waals surface area contributed by atoms with E-state index >= 15 is 0 Å². The van der Waals surface area contributed by atoms with Gasteiger partial charge >= 0.3 is 0 Å². The third-order valence-electron chi connectivity index (χ3n) is 14.5. The number of aromatic nitrogens is 1. The van der Waals surface area contributed by atoms with Crippen LogP contribution in [0.1, 0.15) is 114 Å². The first-order valence-electron chi connectivity index (χ1n) is 21.8. The average molecular weight is 851 g/mol. The Morgan fingerprint density at radius 1 is 1.05 bits per heavy atom. The van der Waals surface area contributed by atoms with Crippen LogP contribution in [-0.4, -0.2) is 100 Å². The van der Waals surface area contributed by atoms with Crippen molar-refractivity contribution in [3.05, 3.63) is 70.0 Å². The molecule has 0 radical (unpaired) electrons. The lowest BCUT2D eigenvalue weighted by Crippen LogP contribution is -2.74. The van der Waals surface area contributed by atoms with E-state index in [-0.39, 0.29) is 53.2 Å². The molecule has 3 saturated heterocycles. The van der Waals surface area contributed by atoms with Crippen molar-refractivity contribution in [2.24, 2.45) is 28.1 Å². The van der Waals surface area contributed by atoms with Gasteiger partial charge in [0.2, 0.25) is 17.7 Å². The molecule has 5 aliphatic rings. The molecule has 2 aromatic rings. The number of rotatable bonds is 10. The van der Waals surface area contributed by atoms with Crippen molar-refractivity contribution in [3.63, 3.8) is 0 Å². The molecule has 2 atom stereocenters. The number of pyridine rings is 1. The molecular weight excluding hydrogens is 790 g/mol. The maximum absolute atomic E-state index is 13.8. The predicted octanol–water partition coefficient (Wildman–Crippen LogP) is 6.11. The van der Waals surface area contributed by atoms with Crippen molar-refractivity contribution >= 4 is 35.2 Å². The predicted molar refractivity (Wildman–Crippen MR) is 233 cm³/mol. The standard InChI is InChI=1S/C48H60ClN7O5/c1-29(41(58)52-38-15-16-40(57)53-42(38)59)46(3,4)30(2)55-23-19-32(20-24-55)27-54-21-17-31(18-22-54)9-11-34-12-14-36-39(51-34)28-56(43(36)60)44-47(5,6)45(48(44,7)8)61-35-13-10-33(26-50)37(49)25-35/h10,12-14,25,30-32,38,44-45H,1,15-24,27-28H2,2-8H3,(H,52,58)(H,53,57,59)/t30-,38?,44?,45?/m0/s1. The van der Waals surface area contributed by atoms with Crippen LogP contribution in [0.15, 0.2) is 42.5 Å². The summed E-state index contributed by atoms with van der Waals surface area (Å²) in [5, 5.41) is 14.7. The minimum absolute atomic E-state index is 0.0107. The fourth-order valence-electron chi connectivity index (χ4n) is 10.9. The zero-order valence-electron chi connectivity index (χ0n) is 36.7. The lowest BCUT2D eigenvalue weighted by atomic mass is 9.49. The number of benzene rings is 1. The highest BCUT2D eigenvalue weighted by atomic mass is 35.5. The highest BCUT2D eigenvalue weighted by Gasteiger charge is 2.67. The summed E-state index contributed by atoms with van der Waals surface area (Å²) in [6.45, 7) is 24.4. The topological polar surface area (TPSA) is 148 Å². The Kier molecular flexibility index (Phi) is 12.5. The highest BCUT2D eigenvalue weighted by molar-refractivity contribution is 6.31. The minimum Gasteiger partial charge on any atom is -0.489 e. The molecule has 2 N–H and O–H groups in total. The maximum Gasteiger partial charge on any atom is 0.256 e. The van der Waals surface area contributed by atoms with Crippen molar-refractivity contribution in [2.45, 2.75) is 118 Å². The zero-order valence-corrected chi connectivity index (χ0v) is 37.5. The molecule has 4 fully saturated rings. The van der Waals surface area contributed by atoms with Crippen LogP contribution in [-0.2, 0) is 20.9 Å². The summed E-state index contributed by atoms with van der Waals surface area (Å²) in [5.41, 5.74) is 1.73. The number of fused-ring (bicyclic) bond motifs is 1. The fourth-order valence-corrected chi connectivity index (χ4v) is 11.1. The van der Waals surface area contributed by atoms with Gasteiger partial charge in [-0.15, -0.1) is 0 Å². The molecule has 0 spiro atoms. The number of nitrogens with zero attached hydrogens (tertiary/aromatic N) is 5. The number of hydrogen-bond acceptors (Lipinski definition) is 9. The van der Waals surface area contributed by atoms with E-state index in [1.165, 1.54) is 0 Å². The first kappa shape index (κ1) is 44.3. The van der Waals surface area contributed by atoms with Gasteiger partial charge in [-0.2, -0.15) is 5.26 Å². The Labute approximate surface area is 365 Å². The summed E-state index contributed by atoms with van der Waals surface area (Å²) in [4.78, 5) is 62.6. The third kappa shape index (κ3) is 8.82. The highest BCUT2D eigenvalue weighted by Crippen LogP contribution is 2.59. The molecule has 13 heteroatoms. The van der Waals surface area contributed by atoms with E-state index < -0.39 is 17.4 Å². The molecule has 7 rings (SSSR count). The molecule has 1 unspecified atom stereocenters. The number of carbonyl (C=O) groups excluding carboxylic acids is 4. The number of imide groups is 1. The molecule has 1 aromatic carbocycles. The Bertz CT molecular complexity index is 2190. The lowest BCUT2D eigenvalue weighted by Gasteiger charge is -2.65. The number of nitriles is 1. The second-order valence-electron chi connectivity index (χ2n) is 19.6. The van der Waals surface area contributed by atoms with Crippen molar-refractivity contribution in [2.75, 3.05) is 32.7 Å². The number of carbonyl (C=O) groups is 4. The largest absolute Gasteiger partial charge is 0.489 e. The summed E-state index contributed by atoms with van der Waals surface area (Å²) in [6, 6.07) is 10.3. The zero-order chi connectivity index (χ0) is 44.0. The number of piperidine rings is 3. The maximum atomic E-state index is 13.8. The van der Waals surface area contributed by atoms with Gasteiger partial charge in [0.1, 0.15) is 29.7 Å². The second-order valence-corrected chi connectivity index (χ2v) is 20.0. The van der Waals surface area contributed by atoms with E-state index in [0.29, 0.717) is 58.0 Å². The van der Waals surface area contributed by atoms with Gasteiger partial charge in [-0.25, -0.2) is 4.98 Å². The quantitative estimate of drug-likeness (QED) is 0.164. The first-order valence-corrected chi connectivity index (χ1v) is 22.2. The monoisotopic (exact) mass is 849 g/mol. The number of amides is 4. The van der Waals surface area contributed by atoms with Crippen LogP contribution in [0.4, 0.5) is 0 Å². The molecule has 1 aliphatic carbocycles. The first-order chi connectivity index (χ1) is 28.8.